The van der Waals surface area contributed by atoms with Gasteiger partial charge in [-0.3, -0.25) is 4.79 Å². The van der Waals surface area contributed by atoms with Gasteiger partial charge in [0, 0.05) is 0 Å². The summed E-state index contributed by atoms with van der Waals surface area (Å²) in [5, 5.41) is 0. The van der Waals surface area contributed by atoms with Crippen LogP contribution in [0.2, 0.25) is 0 Å². The van der Waals surface area contributed by atoms with Gasteiger partial charge >= 0.3 is 0 Å². The first-order chi connectivity index (χ1) is 10.8. The number of hydrogen-bond acceptors (Lipinski definition) is 3. The zero-order valence-electron chi connectivity index (χ0n) is 14.8. The molecular formula is C19H36O3. The van der Waals surface area contributed by atoms with Crippen molar-refractivity contribution in [3.05, 3.63) is 11.8 Å². The van der Waals surface area contributed by atoms with Crippen molar-refractivity contribution in [2.24, 2.45) is 0 Å². The highest BCUT2D eigenvalue weighted by molar-refractivity contribution is 5.69. The summed E-state index contributed by atoms with van der Waals surface area (Å²) < 4.78 is 10.7. The van der Waals surface area contributed by atoms with Crippen LogP contribution in [0.15, 0.2) is 11.8 Å². The molecule has 0 saturated carbocycles. The smallest absolute Gasteiger partial charge is 0.189 e. The summed E-state index contributed by atoms with van der Waals surface area (Å²) in [6, 6.07) is 0. The van der Waals surface area contributed by atoms with Crippen molar-refractivity contribution in [2.75, 3.05) is 13.4 Å². The van der Waals surface area contributed by atoms with Gasteiger partial charge in [-0.25, -0.2) is 0 Å². The zero-order chi connectivity index (χ0) is 16.3. The van der Waals surface area contributed by atoms with Crippen LogP contribution in [0.4, 0.5) is 0 Å². The molecule has 0 heterocycles. The SMILES string of the molecule is CCCCCCCCCC=C(C=O)OCOCCCCCC. The van der Waals surface area contributed by atoms with Crippen LogP contribution >= 0.6 is 0 Å². The molecule has 0 unspecified atom stereocenters. The summed E-state index contributed by atoms with van der Waals surface area (Å²) >= 11 is 0. The Morgan fingerprint density at radius 3 is 2.05 bits per heavy atom. The van der Waals surface area contributed by atoms with Gasteiger partial charge in [0.05, 0.1) is 6.61 Å². The molecule has 0 aromatic rings. The molecule has 0 saturated heterocycles. The maximum Gasteiger partial charge on any atom is 0.189 e. The van der Waals surface area contributed by atoms with Gasteiger partial charge < -0.3 is 9.47 Å². The highest BCUT2D eigenvalue weighted by Crippen LogP contribution is 2.09. The molecule has 0 N–H and O–H groups in total. The van der Waals surface area contributed by atoms with Crippen LogP contribution < -0.4 is 0 Å². The molecule has 0 amide bonds. The normalized spacial score (nSPS) is 11.6. The van der Waals surface area contributed by atoms with Gasteiger partial charge in [0.25, 0.3) is 0 Å². The number of unbranched alkanes of at least 4 members (excludes halogenated alkanes) is 10. The van der Waals surface area contributed by atoms with Gasteiger partial charge in [-0.2, -0.15) is 0 Å². The Balaban J connectivity index is 3.45. The lowest BCUT2D eigenvalue weighted by atomic mass is 10.1. The third-order valence-electron chi connectivity index (χ3n) is 3.72. The maximum atomic E-state index is 10.9. The van der Waals surface area contributed by atoms with Gasteiger partial charge in [-0.15, -0.1) is 0 Å². The van der Waals surface area contributed by atoms with E-state index in [4.69, 9.17) is 9.47 Å². The molecule has 0 atom stereocenters. The van der Waals surface area contributed by atoms with E-state index < -0.39 is 0 Å². The van der Waals surface area contributed by atoms with E-state index >= 15 is 0 Å². The van der Waals surface area contributed by atoms with Crippen molar-refractivity contribution in [3.63, 3.8) is 0 Å². The molecule has 0 radical (unpaired) electrons. The number of allylic oxidation sites excluding steroid dienone is 2. The van der Waals surface area contributed by atoms with E-state index in [0.717, 1.165) is 25.5 Å². The Morgan fingerprint density at radius 2 is 1.41 bits per heavy atom. The van der Waals surface area contributed by atoms with Crippen LogP contribution in [0.3, 0.4) is 0 Å². The van der Waals surface area contributed by atoms with Crippen LogP contribution in [-0.4, -0.2) is 19.7 Å². The van der Waals surface area contributed by atoms with Crippen LogP contribution in [0.5, 0.6) is 0 Å². The van der Waals surface area contributed by atoms with E-state index in [-0.39, 0.29) is 6.79 Å². The molecule has 0 aliphatic heterocycles. The lowest BCUT2D eigenvalue weighted by Crippen LogP contribution is -2.02. The number of aldehydes is 1. The largest absolute Gasteiger partial charge is 0.464 e. The Kier molecular flexibility index (Phi) is 17.5. The molecule has 0 aliphatic rings. The van der Waals surface area contributed by atoms with Crippen molar-refractivity contribution in [1.82, 2.24) is 0 Å². The summed E-state index contributed by atoms with van der Waals surface area (Å²) in [4.78, 5) is 10.9. The van der Waals surface area contributed by atoms with Gasteiger partial charge in [-0.05, 0) is 25.3 Å². The predicted octanol–water partition coefficient (Wildman–Crippen LogP) is 5.78. The van der Waals surface area contributed by atoms with Gasteiger partial charge in [-0.1, -0.05) is 71.6 Å². The molecular weight excluding hydrogens is 276 g/mol. The average molecular weight is 312 g/mol. The quantitative estimate of drug-likeness (QED) is 0.112. The third kappa shape index (κ3) is 15.6. The fourth-order valence-corrected chi connectivity index (χ4v) is 2.29. The summed E-state index contributed by atoms with van der Waals surface area (Å²) in [7, 11) is 0. The number of carbonyl (C=O) groups excluding carboxylic acids is 1. The first kappa shape index (κ1) is 21.2. The van der Waals surface area contributed by atoms with Crippen LogP contribution in [-0.2, 0) is 14.3 Å². The van der Waals surface area contributed by atoms with Gasteiger partial charge in [0.15, 0.2) is 18.8 Å². The average Bonchev–Trinajstić information content (AvgIpc) is 2.54. The Hall–Kier alpha value is -0.830. The second-order valence-electron chi connectivity index (χ2n) is 5.87. The molecule has 0 aromatic heterocycles. The van der Waals surface area contributed by atoms with E-state index in [1.54, 1.807) is 0 Å². The van der Waals surface area contributed by atoms with Crippen molar-refractivity contribution in [1.29, 1.82) is 0 Å². The van der Waals surface area contributed by atoms with E-state index in [0.29, 0.717) is 12.4 Å². The molecule has 0 aliphatic carbocycles. The number of carbonyl (C=O) groups is 1. The van der Waals surface area contributed by atoms with E-state index in [9.17, 15) is 4.79 Å². The first-order valence-electron chi connectivity index (χ1n) is 9.21. The molecule has 0 fully saturated rings. The summed E-state index contributed by atoms with van der Waals surface area (Å²) in [5.74, 6) is 0.416. The molecule has 0 bridgehead atoms. The van der Waals surface area contributed by atoms with Crippen molar-refractivity contribution < 1.29 is 14.3 Å². The Bertz CT molecular complexity index is 261. The highest BCUT2D eigenvalue weighted by Gasteiger charge is 1.97. The molecule has 22 heavy (non-hydrogen) atoms. The molecule has 0 rings (SSSR count). The topological polar surface area (TPSA) is 35.5 Å². The summed E-state index contributed by atoms with van der Waals surface area (Å²) in [6.45, 7) is 5.33. The minimum atomic E-state index is 0.188. The number of rotatable bonds is 17. The monoisotopic (exact) mass is 312 g/mol. The standard InChI is InChI=1S/C19H36O3/c1-3-5-7-9-10-11-12-13-15-19(17-20)22-18-21-16-14-8-6-4-2/h15,17H,3-14,16,18H2,1-2H3. The Labute approximate surface area is 137 Å². The van der Waals surface area contributed by atoms with Crippen molar-refractivity contribution in [3.8, 4) is 0 Å². The second-order valence-corrected chi connectivity index (χ2v) is 5.87. The fraction of sp³-hybridized carbons (Fsp3) is 0.842. The zero-order valence-corrected chi connectivity index (χ0v) is 14.8. The first-order valence-corrected chi connectivity index (χ1v) is 9.21. The van der Waals surface area contributed by atoms with Gasteiger partial charge in [0.1, 0.15) is 0 Å². The molecule has 3 heteroatoms. The lowest BCUT2D eigenvalue weighted by Gasteiger charge is -2.06. The maximum absolute atomic E-state index is 10.9. The number of hydrogen-bond donors (Lipinski definition) is 0. The van der Waals surface area contributed by atoms with Crippen LogP contribution in [0.1, 0.15) is 90.9 Å². The fourth-order valence-electron chi connectivity index (χ4n) is 2.29. The van der Waals surface area contributed by atoms with E-state index in [2.05, 4.69) is 13.8 Å². The van der Waals surface area contributed by atoms with E-state index in [1.165, 1.54) is 57.8 Å². The van der Waals surface area contributed by atoms with Crippen molar-refractivity contribution >= 4 is 6.29 Å². The Morgan fingerprint density at radius 1 is 0.818 bits per heavy atom. The molecule has 130 valence electrons. The van der Waals surface area contributed by atoms with Gasteiger partial charge in [0.2, 0.25) is 0 Å². The van der Waals surface area contributed by atoms with Crippen molar-refractivity contribution in [2.45, 2.75) is 90.9 Å². The second kappa shape index (κ2) is 18.2. The summed E-state index contributed by atoms with van der Waals surface area (Å²) in [6.07, 6.45) is 17.3. The number of ether oxygens (including phenoxy) is 2. The third-order valence-corrected chi connectivity index (χ3v) is 3.72. The highest BCUT2D eigenvalue weighted by atomic mass is 16.7. The molecule has 0 aromatic carbocycles. The predicted molar refractivity (Wildman–Crippen MR) is 92.8 cm³/mol. The molecule has 3 nitrogen and oxygen atoms in total. The van der Waals surface area contributed by atoms with Crippen LogP contribution in [0.25, 0.3) is 0 Å². The lowest BCUT2D eigenvalue weighted by molar-refractivity contribution is -0.111. The minimum absolute atomic E-state index is 0.188. The van der Waals surface area contributed by atoms with E-state index in [1.807, 2.05) is 6.08 Å². The van der Waals surface area contributed by atoms with Crippen LogP contribution in [0, 0.1) is 0 Å². The minimum Gasteiger partial charge on any atom is -0.464 e. The molecule has 0 spiro atoms. The summed E-state index contributed by atoms with van der Waals surface area (Å²) in [5.41, 5.74) is 0.